The van der Waals surface area contributed by atoms with Gasteiger partial charge in [-0.2, -0.15) is 5.26 Å². The van der Waals surface area contributed by atoms with Gasteiger partial charge in [-0.1, -0.05) is 6.92 Å². The lowest BCUT2D eigenvalue weighted by Crippen LogP contribution is -2.44. The van der Waals surface area contributed by atoms with E-state index < -0.39 is 0 Å². The van der Waals surface area contributed by atoms with E-state index in [0.717, 1.165) is 32.5 Å². The Balaban J connectivity index is 2.17. The van der Waals surface area contributed by atoms with E-state index in [1.54, 1.807) is 0 Å². The summed E-state index contributed by atoms with van der Waals surface area (Å²) < 4.78 is 0. The molecule has 0 aliphatic carbocycles. The Hall–Kier alpha value is -1.12. The van der Waals surface area contributed by atoms with Crippen LogP contribution in [0.3, 0.4) is 0 Å². The molecular formula is C12H22N4O. The van der Waals surface area contributed by atoms with Crippen LogP contribution >= 0.6 is 0 Å². The molecule has 0 aromatic rings. The third kappa shape index (κ3) is 5.16. The SMILES string of the molecule is CN1CCC(C)(CNCC(=O)NCC#N)CC1. The van der Waals surface area contributed by atoms with Crippen LogP contribution in [-0.2, 0) is 4.79 Å². The number of piperidine rings is 1. The maximum Gasteiger partial charge on any atom is 0.234 e. The van der Waals surface area contributed by atoms with Crippen LogP contribution in [0.1, 0.15) is 19.8 Å². The van der Waals surface area contributed by atoms with Crippen LogP contribution in [0, 0.1) is 16.7 Å². The van der Waals surface area contributed by atoms with Crippen LogP contribution in [-0.4, -0.2) is 50.6 Å². The summed E-state index contributed by atoms with van der Waals surface area (Å²) in [4.78, 5) is 13.6. The summed E-state index contributed by atoms with van der Waals surface area (Å²) in [5, 5.41) is 14.0. The Morgan fingerprint density at radius 3 is 2.71 bits per heavy atom. The number of amides is 1. The van der Waals surface area contributed by atoms with Crippen molar-refractivity contribution in [2.45, 2.75) is 19.8 Å². The monoisotopic (exact) mass is 238 g/mol. The molecule has 2 N–H and O–H groups in total. The number of nitrogens with one attached hydrogen (secondary N) is 2. The first kappa shape index (κ1) is 13.9. The van der Waals surface area contributed by atoms with E-state index >= 15 is 0 Å². The fourth-order valence-corrected chi connectivity index (χ4v) is 2.01. The lowest BCUT2D eigenvalue weighted by molar-refractivity contribution is -0.120. The van der Waals surface area contributed by atoms with Crippen molar-refractivity contribution in [3.8, 4) is 6.07 Å². The van der Waals surface area contributed by atoms with Gasteiger partial charge in [-0.25, -0.2) is 0 Å². The topological polar surface area (TPSA) is 68.2 Å². The minimum Gasteiger partial charge on any atom is -0.342 e. The quantitative estimate of drug-likeness (QED) is 0.659. The molecule has 0 radical (unpaired) electrons. The van der Waals surface area contributed by atoms with Crippen molar-refractivity contribution in [1.82, 2.24) is 15.5 Å². The number of carbonyl (C=O) groups excluding carboxylic acids is 1. The summed E-state index contributed by atoms with van der Waals surface area (Å²) >= 11 is 0. The molecule has 5 heteroatoms. The fraction of sp³-hybridized carbons (Fsp3) is 0.833. The molecule has 1 saturated heterocycles. The van der Waals surface area contributed by atoms with Gasteiger partial charge in [0.2, 0.25) is 5.91 Å². The van der Waals surface area contributed by atoms with Gasteiger partial charge in [0.25, 0.3) is 0 Å². The molecule has 5 nitrogen and oxygen atoms in total. The van der Waals surface area contributed by atoms with Crippen LogP contribution in [0.5, 0.6) is 0 Å². The highest BCUT2D eigenvalue weighted by atomic mass is 16.1. The normalized spacial score (nSPS) is 19.6. The summed E-state index contributed by atoms with van der Waals surface area (Å²) in [6, 6.07) is 1.89. The number of rotatable bonds is 5. The van der Waals surface area contributed by atoms with E-state index in [-0.39, 0.29) is 12.5 Å². The Labute approximate surface area is 103 Å². The molecule has 0 bridgehead atoms. The third-order valence-corrected chi connectivity index (χ3v) is 3.40. The van der Waals surface area contributed by atoms with Crippen molar-refractivity contribution in [3.63, 3.8) is 0 Å². The average Bonchev–Trinajstić information content (AvgIpc) is 2.31. The number of hydrogen-bond acceptors (Lipinski definition) is 4. The zero-order chi connectivity index (χ0) is 12.7. The number of likely N-dealkylation sites (tertiary alicyclic amines) is 1. The van der Waals surface area contributed by atoms with E-state index in [0.29, 0.717) is 12.0 Å². The molecule has 17 heavy (non-hydrogen) atoms. The lowest BCUT2D eigenvalue weighted by atomic mass is 9.80. The zero-order valence-electron chi connectivity index (χ0n) is 10.8. The van der Waals surface area contributed by atoms with Gasteiger partial charge in [0.05, 0.1) is 12.6 Å². The summed E-state index contributed by atoms with van der Waals surface area (Å²) in [5.41, 5.74) is 0.294. The second-order valence-electron chi connectivity index (χ2n) is 5.15. The van der Waals surface area contributed by atoms with Gasteiger partial charge in [0, 0.05) is 6.54 Å². The molecule has 0 spiro atoms. The van der Waals surface area contributed by atoms with Gasteiger partial charge in [-0.3, -0.25) is 4.79 Å². The highest BCUT2D eigenvalue weighted by molar-refractivity contribution is 5.78. The van der Waals surface area contributed by atoms with Crippen molar-refractivity contribution >= 4 is 5.91 Å². The molecule has 0 aromatic heterocycles. The van der Waals surface area contributed by atoms with Crippen LogP contribution in [0.4, 0.5) is 0 Å². The van der Waals surface area contributed by atoms with E-state index in [4.69, 9.17) is 5.26 Å². The second-order valence-corrected chi connectivity index (χ2v) is 5.15. The van der Waals surface area contributed by atoms with E-state index in [2.05, 4.69) is 29.5 Å². The molecular weight excluding hydrogens is 216 g/mol. The predicted octanol–water partition coefficient (Wildman–Crippen LogP) is -0.0523. The highest BCUT2D eigenvalue weighted by Crippen LogP contribution is 2.29. The van der Waals surface area contributed by atoms with Crippen LogP contribution < -0.4 is 10.6 Å². The van der Waals surface area contributed by atoms with Crippen LogP contribution in [0.15, 0.2) is 0 Å². The zero-order valence-corrected chi connectivity index (χ0v) is 10.8. The number of nitriles is 1. The maximum absolute atomic E-state index is 11.3. The van der Waals surface area contributed by atoms with Crippen molar-refractivity contribution in [1.29, 1.82) is 5.26 Å². The number of nitrogens with zero attached hydrogens (tertiary/aromatic N) is 2. The minimum absolute atomic E-state index is 0.0859. The Morgan fingerprint density at radius 1 is 1.47 bits per heavy atom. The molecule has 1 amide bonds. The standard InChI is InChI=1S/C12H22N4O/c1-12(3-7-16(2)8-4-12)10-14-9-11(17)15-6-5-13/h14H,3-4,6-10H2,1-2H3,(H,15,17). The second kappa shape index (κ2) is 6.58. The third-order valence-electron chi connectivity index (χ3n) is 3.40. The first-order chi connectivity index (χ1) is 8.06. The van der Waals surface area contributed by atoms with Crippen LogP contribution in [0.2, 0.25) is 0 Å². The first-order valence-corrected chi connectivity index (χ1v) is 6.09. The van der Waals surface area contributed by atoms with Gasteiger partial charge in [-0.05, 0) is 38.4 Å². The van der Waals surface area contributed by atoms with E-state index in [9.17, 15) is 4.79 Å². The molecule has 96 valence electrons. The summed E-state index contributed by atoms with van der Waals surface area (Å²) in [6.07, 6.45) is 2.33. The summed E-state index contributed by atoms with van der Waals surface area (Å²) in [6.45, 7) is 5.76. The molecule has 1 aliphatic rings. The number of hydrogen-bond donors (Lipinski definition) is 2. The van der Waals surface area contributed by atoms with Crippen molar-refractivity contribution in [2.24, 2.45) is 5.41 Å². The highest BCUT2D eigenvalue weighted by Gasteiger charge is 2.28. The van der Waals surface area contributed by atoms with Gasteiger partial charge >= 0.3 is 0 Å². The molecule has 0 atom stereocenters. The summed E-state index contributed by atoms with van der Waals surface area (Å²) in [5.74, 6) is -0.108. The van der Waals surface area contributed by atoms with E-state index in [1.807, 2.05) is 6.07 Å². The van der Waals surface area contributed by atoms with Gasteiger partial charge in [-0.15, -0.1) is 0 Å². The molecule has 0 aromatic carbocycles. The Morgan fingerprint density at radius 2 is 2.12 bits per heavy atom. The fourth-order valence-electron chi connectivity index (χ4n) is 2.01. The molecule has 0 unspecified atom stereocenters. The maximum atomic E-state index is 11.3. The van der Waals surface area contributed by atoms with E-state index in [1.165, 1.54) is 0 Å². The molecule has 1 heterocycles. The first-order valence-electron chi connectivity index (χ1n) is 6.09. The van der Waals surface area contributed by atoms with Gasteiger partial charge in [0.15, 0.2) is 0 Å². The largest absolute Gasteiger partial charge is 0.342 e. The number of carbonyl (C=O) groups is 1. The lowest BCUT2D eigenvalue weighted by Gasteiger charge is -2.38. The Kier molecular flexibility index (Phi) is 5.39. The van der Waals surface area contributed by atoms with Crippen LogP contribution in [0.25, 0.3) is 0 Å². The van der Waals surface area contributed by atoms with Gasteiger partial charge in [0.1, 0.15) is 6.54 Å². The molecule has 1 rings (SSSR count). The molecule has 1 fully saturated rings. The van der Waals surface area contributed by atoms with Crippen molar-refractivity contribution in [3.05, 3.63) is 0 Å². The Bertz CT molecular complexity index is 289. The minimum atomic E-state index is -0.108. The van der Waals surface area contributed by atoms with Crippen molar-refractivity contribution in [2.75, 3.05) is 39.8 Å². The summed E-state index contributed by atoms with van der Waals surface area (Å²) in [7, 11) is 2.14. The van der Waals surface area contributed by atoms with Gasteiger partial charge < -0.3 is 15.5 Å². The molecule has 0 saturated carbocycles. The van der Waals surface area contributed by atoms with Crippen molar-refractivity contribution < 1.29 is 4.79 Å². The smallest absolute Gasteiger partial charge is 0.234 e. The molecule has 1 aliphatic heterocycles. The average molecular weight is 238 g/mol. The predicted molar refractivity (Wildman–Crippen MR) is 66.3 cm³/mol.